The molecule has 3 N–H and O–H groups in total. The zero-order chi connectivity index (χ0) is 21.6. The standard InChI is InChI=1S/C27H25N3O.2ClH/c1-19-18-29-17-16-24(19)20-12-14-23(15-13-20)30-27(31)26(28)25(21-8-4-2-5-9-21)22-10-6-3-7-11-22;;/h2-18,25-26H,28H2,1H3,(H,30,31);2*1H/t26-;;/m0../s1. The van der Waals surface area contributed by atoms with Crippen LogP contribution in [0.1, 0.15) is 22.6 Å². The van der Waals surface area contributed by atoms with Gasteiger partial charge in [-0.25, -0.2) is 0 Å². The second-order valence-electron chi connectivity index (χ2n) is 7.58. The number of nitrogens with one attached hydrogen (secondary N) is 1. The van der Waals surface area contributed by atoms with Crippen molar-refractivity contribution in [1.29, 1.82) is 0 Å². The summed E-state index contributed by atoms with van der Waals surface area (Å²) in [6, 6.07) is 28.9. The Bertz CT molecular complexity index is 1110. The summed E-state index contributed by atoms with van der Waals surface area (Å²) in [5.74, 6) is -0.452. The first-order chi connectivity index (χ1) is 15.1. The Morgan fingerprint density at radius 3 is 1.88 bits per heavy atom. The highest BCUT2D eigenvalue weighted by Gasteiger charge is 2.27. The van der Waals surface area contributed by atoms with Gasteiger partial charge in [0.2, 0.25) is 5.91 Å². The number of nitrogens with zero attached hydrogens (tertiary/aromatic N) is 1. The number of nitrogens with two attached hydrogens (primary N) is 1. The molecule has 1 amide bonds. The molecule has 0 saturated heterocycles. The lowest BCUT2D eigenvalue weighted by atomic mass is 9.85. The SMILES string of the molecule is Cc1cnccc1-c1ccc(NC(=O)[C@@H](N)C(c2ccccc2)c2ccccc2)cc1.Cl.Cl. The normalized spacial score (nSPS) is 11.1. The van der Waals surface area contributed by atoms with Gasteiger partial charge in [-0.3, -0.25) is 9.78 Å². The minimum atomic E-state index is -0.730. The zero-order valence-corrected chi connectivity index (χ0v) is 19.9. The maximum Gasteiger partial charge on any atom is 0.242 e. The van der Waals surface area contributed by atoms with Gasteiger partial charge in [0.25, 0.3) is 0 Å². The first kappa shape index (κ1) is 26.1. The molecule has 0 bridgehead atoms. The third-order valence-electron chi connectivity index (χ3n) is 5.46. The van der Waals surface area contributed by atoms with E-state index in [-0.39, 0.29) is 36.6 Å². The Hall–Kier alpha value is -3.18. The molecule has 0 radical (unpaired) electrons. The molecule has 0 fully saturated rings. The number of hydrogen-bond acceptors (Lipinski definition) is 3. The number of carbonyl (C=O) groups is 1. The first-order valence-corrected chi connectivity index (χ1v) is 10.3. The molecule has 1 aromatic heterocycles. The summed E-state index contributed by atoms with van der Waals surface area (Å²) in [6.07, 6.45) is 3.63. The van der Waals surface area contributed by atoms with E-state index in [0.29, 0.717) is 0 Å². The molecule has 6 heteroatoms. The molecule has 4 aromatic rings. The minimum Gasteiger partial charge on any atom is -0.325 e. The van der Waals surface area contributed by atoms with Crippen LogP contribution < -0.4 is 11.1 Å². The summed E-state index contributed by atoms with van der Waals surface area (Å²) < 4.78 is 0. The third kappa shape index (κ3) is 6.20. The van der Waals surface area contributed by atoms with E-state index in [0.717, 1.165) is 33.5 Å². The summed E-state index contributed by atoms with van der Waals surface area (Å²) in [5.41, 5.74) is 12.5. The van der Waals surface area contributed by atoms with Crippen LogP contribution in [0, 0.1) is 6.92 Å². The van der Waals surface area contributed by atoms with E-state index in [4.69, 9.17) is 5.73 Å². The van der Waals surface area contributed by atoms with Crippen LogP contribution in [0.2, 0.25) is 0 Å². The van der Waals surface area contributed by atoms with E-state index in [1.807, 2.05) is 104 Å². The van der Waals surface area contributed by atoms with Crippen molar-refractivity contribution in [3.8, 4) is 11.1 Å². The molecule has 0 saturated carbocycles. The van der Waals surface area contributed by atoms with Gasteiger partial charge in [-0.05, 0) is 52.9 Å². The van der Waals surface area contributed by atoms with E-state index in [9.17, 15) is 4.79 Å². The molecule has 3 aromatic carbocycles. The Balaban J connectivity index is 0.00000193. The van der Waals surface area contributed by atoms with Gasteiger partial charge < -0.3 is 11.1 Å². The van der Waals surface area contributed by atoms with E-state index in [2.05, 4.69) is 10.3 Å². The highest BCUT2D eigenvalue weighted by Crippen LogP contribution is 2.28. The van der Waals surface area contributed by atoms with E-state index >= 15 is 0 Å². The molecule has 170 valence electrons. The second-order valence-corrected chi connectivity index (χ2v) is 7.58. The number of halogens is 2. The molecule has 1 atom stereocenters. The molecule has 0 spiro atoms. The van der Waals surface area contributed by atoms with Gasteiger partial charge in [-0.15, -0.1) is 24.8 Å². The van der Waals surface area contributed by atoms with Crippen LogP contribution in [-0.4, -0.2) is 16.9 Å². The molecule has 1 heterocycles. The molecule has 4 nitrogen and oxygen atoms in total. The van der Waals surface area contributed by atoms with Crippen molar-refractivity contribution in [1.82, 2.24) is 4.98 Å². The monoisotopic (exact) mass is 479 g/mol. The van der Waals surface area contributed by atoms with Crippen molar-refractivity contribution < 1.29 is 4.79 Å². The quantitative estimate of drug-likeness (QED) is 0.356. The predicted molar refractivity (Wildman–Crippen MR) is 140 cm³/mol. The van der Waals surface area contributed by atoms with Crippen LogP contribution in [-0.2, 0) is 4.79 Å². The van der Waals surface area contributed by atoms with Crippen LogP contribution in [0.25, 0.3) is 11.1 Å². The van der Waals surface area contributed by atoms with Crippen LogP contribution >= 0.6 is 24.8 Å². The number of pyridine rings is 1. The summed E-state index contributed by atoms with van der Waals surface area (Å²) in [6.45, 7) is 2.03. The highest BCUT2D eigenvalue weighted by molar-refractivity contribution is 5.96. The lowest BCUT2D eigenvalue weighted by molar-refractivity contribution is -0.117. The van der Waals surface area contributed by atoms with Crippen LogP contribution in [0.3, 0.4) is 0 Å². The summed E-state index contributed by atoms with van der Waals surface area (Å²) in [5, 5.41) is 2.98. The molecule has 0 aliphatic heterocycles. The Kier molecular flexibility index (Phi) is 9.61. The fourth-order valence-electron chi connectivity index (χ4n) is 3.84. The number of anilines is 1. The fourth-order valence-corrected chi connectivity index (χ4v) is 3.84. The minimum absolute atomic E-state index is 0. The molecule has 4 rings (SSSR count). The lowest BCUT2D eigenvalue weighted by Gasteiger charge is -2.24. The summed E-state index contributed by atoms with van der Waals surface area (Å²) in [7, 11) is 0. The van der Waals surface area contributed by atoms with Gasteiger partial charge in [-0.2, -0.15) is 0 Å². The van der Waals surface area contributed by atoms with Crippen molar-refractivity contribution in [3.63, 3.8) is 0 Å². The number of hydrogen-bond donors (Lipinski definition) is 2. The number of rotatable bonds is 6. The number of aryl methyl sites for hydroxylation is 1. The molecule has 0 aliphatic carbocycles. The summed E-state index contributed by atoms with van der Waals surface area (Å²) >= 11 is 0. The van der Waals surface area contributed by atoms with E-state index < -0.39 is 6.04 Å². The first-order valence-electron chi connectivity index (χ1n) is 10.3. The fraction of sp³-hybridized carbons (Fsp3) is 0.111. The van der Waals surface area contributed by atoms with Gasteiger partial charge in [0.1, 0.15) is 0 Å². The van der Waals surface area contributed by atoms with E-state index in [1.54, 1.807) is 6.20 Å². The van der Waals surface area contributed by atoms with Crippen molar-refractivity contribution in [2.45, 2.75) is 18.9 Å². The van der Waals surface area contributed by atoms with Crippen LogP contribution in [0.4, 0.5) is 5.69 Å². The van der Waals surface area contributed by atoms with Crippen molar-refractivity contribution >= 4 is 36.4 Å². The Labute approximate surface area is 207 Å². The number of aromatic nitrogens is 1. The average Bonchev–Trinajstić information content (AvgIpc) is 2.81. The van der Waals surface area contributed by atoms with Gasteiger partial charge in [-0.1, -0.05) is 72.8 Å². The third-order valence-corrected chi connectivity index (χ3v) is 5.46. The molecular weight excluding hydrogens is 453 g/mol. The maximum absolute atomic E-state index is 13.1. The molecule has 0 aliphatic rings. The maximum atomic E-state index is 13.1. The van der Waals surface area contributed by atoms with Crippen molar-refractivity contribution in [2.75, 3.05) is 5.32 Å². The van der Waals surface area contributed by atoms with Gasteiger partial charge >= 0.3 is 0 Å². The largest absolute Gasteiger partial charge is 0.325 e. The summed E-state index contributed by atoms with van der Waals surface area (Å²) in [4.78, 5) is 17.2. The topological polar surface area (TPSA) is 68.0 Å². The van der Waals surface area contributed by atoms with E-state index in [1.165, 1.54) is 0 Å². The lowest BCUT2D eigenvalue weighted by Crippen LogP contribution is -2.41. The smallest absolute Gasteiger partial charge is 0.242 e. The van der Waals surface area contributed by atoms with Gasteiger partial charge in [0.15, 0.2) is 0 Å². The van der Waals surface area contributed by atoms with Crippen molar-refractivity contribution in [2.24, 2.45) is 5.73 Å². The van der Waals surface area contributed by atoms with Crippen LogP contribution in [0.5, 0.6) is 0 Å². The number of benzene rings is 3. The zero-order valence-electron chi connectivity index (χ0n) is 18.2. The average molecular weight is 480 g/mol. The highest BCUT2D eigenvalue weighted by atomic mass is 35.5. The van der Waals surface area contributed by atoms with Gasteiger partial charge in [0, 0.05) is 24.0 Å². The molecule has 33 heavy (non-hydrogen) atoms. The number of carbonyl (C=O) groups excluding carboxylic acids is 1. The Morgan fingerprint density at radius 1 is 0.818 bits per heavy atom. The van der Waals surface area contributed by atoms with Crippen LogP contribution in [0.15, 0.2) is 103 Å². The Morgan fingerprint density at radius 2 is 1.36 bits per heavy atom. The number of amides is 1. The predicted octanol–water partition coefficient (Wildman–Crippen LogP) is 6.00. The van der Waals surface area contributed by atoms with Crippen molar-refractivity contribution in [3.05, 3.63) is 120 Å². The molecular formula is C27H27Cl2N3O. The van der Waals surface area contributed by atoms with Gasteiger partial charge in [0.05, 0.1) is 6.04 Å². The second kappa shape index (κ2) is 12.2. The molecule has 0 unspecified atom stereocenters.